The lowest BCUT2D eigenvalue weighted by Crippen LogP contribution is -2.36. The Morgan fingerprint density at radius 1 is 1.33 bits per heavy atom. The molecule has 0 amide bonds. The van der Waals surface area contributed by atoms with Crippen molar-refractivity contribution in [3.8, 4) is 0 Å². The number of halogens is 2. The fourth-order valence-electron chi connectivity index (χ4n) is 2.12. The van der Waals surface area contributed by atoms with Gasteiger partial charge in [-0.05, 0) is 31.4 Å². The van der Waals surface area contributed by atoms with Gasteiger partial charge in [0.1, 0.15) is 5.82 Å². The Hall–Kier alpha value is -0.690. The minimum absolute atomic E-state index is 0.0557. The summed E-state index contributed by atoms with van der Waals surface area (Å²) >= 11 is 5.68. The highest BCUT2D eigenvalue weighted by atomic mass is 35.5. The molecule has 1 unspecified atom stereocenters. The monoisotopic (exact) mass is 337 g/mol. The summed E-state index contributed by atoms with van der Waals surface area (Å²) in [6.45, 7) is 5.28. The molecule has 120 valence electrons. The molecule has 0 radical (unpaired) electrons. The lowest BCUT2D eigenvalue weighted by molar-refractivity contribution is 0.281. The molecule has 0 heterocycles. The zero-order valence-corrected chi connectivity index (χ0v) is 14.2. The van der Waals surface area contributed by atoms with Crippen LogP contribution in [0.1, 0.15) is 32.8 Å². The molecular weight excluding hydrogens is 317 g/mol. The minimum Gasteiger partial charge on any atom is -0.392 e. The highest BCUT2D eigenvalue weighted by Crippen LogP contribution is 2.27. The molecule has 0 spiro atoms. The Balaban J connectivity index is 3.22. The number of hydrogen-bond acceptors (Lipinski definition) is 3. The topological polar surface area (TPSA) is 57.6 Å². The Kier molecular flexibility index (Phi) is 6.16. The van der Waals surface area contributed by atoms with Gasteiger partial charge in [-0.3, -0.25) is 0 Å². The summed E-state index contributed by atoms with van der Waals surface area (Å²) in [4.78, 5) is -0.202. The summed E-state index contributed by atoms with van der Waals surface area (Å²) < 4.78 is 40.0. The second kappa shape index (κ2) is 7.05. The average molecular weight is 338 g/mol. The predicted octanol–water partition coefficient (Wildman–Crippen LogP) is 3.03. The Morgan fingerprint density at radius 2 is 1.90 bits per heavy atom. The molecule has 0 aliphatic heterocycles. The second-order valence-corrected chi connectivity index (χ2v) is 7.91. The third-order valence-corrected chi connectivity index (χ3v) is 5.73. The van der Waals surface area contributed by atoms with Gasteiger partial charge in [-0.1, -0.05) is 25.4 Å². The molecule has 0 aliphatic rings. The molecule has 1 rings (SSSR count). The van der Waals surface area contributed by atoms with Crippen LogP contribution in [0.5, 0.6) is 0 Å². The third-order valence-electron chi connectivity index (χ3n) is 3.36. The number of sulfonamides is 1. The van der Waals surface area contributed by atoms with Crippen LogP contribution in [0.15, 0.2) is 17.0 Å². The van der Waals surface area contributed by atoms with E-state index in [1.807, 2.05) is 13.8 Å². The average Bonchev–Trinajstić information content (AvgIpc) is 2.39. The van der Waals surface area contributed by atoms with Gasteiger partial charge in [0.25, 0.3) is 0 Å². The first kappa shape index (κ1) is 18.4. The van der Waals surface area contributed by atoms with Crippen molar-refractivity contribution in [1.29, 1.82) is 0 Å². The SMILES string of the molecule is CC(C)CC(C)N(C)S(=O)(=O)c1cc(F)c(Cl)c(CO)c1. The van der Waals surface area contributed by atoms with Crippen LogP contribution >= 0.6 is 11.6 Å². The summed E-state index contributed by atoms with van der Waals surface area (Å²) in [5.74, 6) is -0.515. The maximum Gasteiger partial charge on any atom is 0.243 e. The number of rotatable bonds is 6. The number of aliphatic hydroxyl groups excluding tert-OH is 1. The van der Waals surface area contributed by atoms with Gasteiger partial charge in [-0.25, -0.2) is 12.8 Å². The molecular formula is C14H21ClFNO3S. The number of aliphatic hydroxyl groups is 1. The zero-order chi connectivity index (χ0) is 16.4. The molecule has 1 aromatic rings. The Morgan fingerprint density at radius 3 is 2.38 bits per heavy atom. The van der Waals surface area contributed by atoms with Crippen molar-refractivity contribution in [3.63, 3.8) is 0 Å². The lowest BCUT2D eigenvalue weighted by Gasteiger charge is -2.26. The molecule has 1 N–H and O–H groups in total. The van der Waals surface area contributed by atoms with Crippen molar-refractivity contribution in [3.05, 3.63) is 28.5 Å². The highest BCUT2D eigenvalue weighted by molar-refractivity contribution is 7.89. The molecule has 1 aromatic carbocycles. The van der Waals surface area contributed by atoms with Gasteiger partial charge in [0.05, 0.1) is 16.5 Å². The predicted molar refractivity (Wildman–Crippen MR) is 81.2 cm³/mol. The maximum absolute atomic E-state index is 13.7. The fraction of sp³-hybridized carbons (Fsp3) is 0.571. The molecule has 4 nitrogen and oxygen atoms in total. The summed E-state index contributed by atoms with van der Waals surface area (Å²) in [6, 6.07) is 1.88. The van der Waals surface area contributed by atoms with Crippen LogP contribution in [0.2, 0.25) is 5.02 Å². The fourth-order valence-corrected chi connectivity index (χ4v) is 3.72. The van der Waals surface area contributed by atoms with E-state index in [4.69, 9.17) is 16.7 Å². The van der Waals surface area contributed by atoms with Crippen LogP contribution in [0.25, 0.3) is 0 Å². The molecule has 0 aromatic heterocycles. The summed E-state index contributed by atoms with van der Waals surface area (Å²) in [5.41, 5.74) is 0.0557. The second-order valence-electron chi connectivity index (χ2n) is 5.54. The first-order valence-corrected chi connectivity index (χ1v) is 8.49. The van der Waals surface area contributed by atoms with Crippen molar-refractivity contribution < 1.29 is 17.9 Å². The van der Waals surface area contributed by atoms with Crippen LogP contribution < -0.4 is 0 Å². The van der Waals surface area contributed by atoms with E-state index >= 15 is 0 Å². The van der Waals surface area contributed by atoms with Crippen molar-refractivity contribution in [2.45, 2.75) is 44.7 Å². The summed E-state index contributed by atoms with van der Waals surface area (Å²) in [7, 11) is -2.37. The van der Waals surface area contributed by atoms with E-state index in [0.29, 0.717) is 12.3 Å². The summed E-state index contributed by atoms with van der Waals surface area (Å²) in [6.07, 6.45) is 0.693. The van der Waals surface area contributed by atoms with Crippen molar-refractivity contribution in [2.24, 2.45) is 5.92 Å². The first-order chi connectivity index (χ1) is 9.61. The van der Waals surface area contributed by atoms with Gasteiger partial charge < -0.3 is 5.11 Å². The third kappa shape index (κ3) is 4.16. The van der Waals surface area contributed by atoms with Gasteiger partial charge in [-0.15, -0.1) is 0 Å². The molecule has 0 saturated heterocycles. The standard InChI is InChI=1S/C14H21ClFNO3S/c1-9(2)5-10(3)17(4)21(19,20)12-6-11(8-18)14(15)13(16)7-12/h6-7,9-10,18H,5,8H2,1-4H3. The first-order valence-electron chi connectivity index (χ1n) is 6.68. The smallest absolute Gasteiger partial charge is 0.243 e. The van der Waals surface area contributed by atoms with Crippen molar-refractivity contribution in [1.82, 2.24) is 4.31 Å². The van der Waals surface area contributed by atoms with E-state index in [1.54, 1.807) is 6.92 Å². The normalized spacial score (nSPS) is 14.0. The largest absolute Gasteiger partial charge is 0.392 e. The van der Waals surface area contributed by atoms with E-state index in [9.17, 15) is 12.8 Å². The molecule has 0 fully saturated rings. The van der Waals surface area contributed by atoms with Gasteiger partial charge in [0, 0.05) is 18.7 Å². The number of benzene rings is 1. The van der Waals surface area contributed by atoms with Crippen LogP contribution in [0, 0.1) is 11.7 Å². The highest BCUT2D eigenvalue weighted by Gasteiger charge is 2.27. The van der Waals surface area contributed by atoms with Crippen LogP contribution in [-0.2, 0) is 16.6 Å². The number of hydrogen-bond donors (Lipinski definition) is 1. The van der Waals surface area contributed by atoms with Gasteiger partial charge >= 0.3 is 0 Å². The quantitative estimate of drug-likeness (QED) is 0.868. The van der Waals surface area contributed by atoms with Gasteiger partial charge in [0.2, 0.25) is 10.0 Å². The molecule has 21 heavy (non-hydrogen) atoms. The molecule has 7 heteroatoms. The molecule has 1 atom stereocenters. The van der Waals surface area contributed by atoms with Crippen molar-refractivity contribution >= 4 is 21.6 Å². The van der Waals surface area contributed by atoms with Gasteiger partial charge in [-0.2, -0.15) is 4.31 Å². The maximum atomic E-state index is 13.7. The van der Waals surface area contributed by atoms with E-state index in [2.05, 4.69) is 0 Å². The van der Waals surface area contributed by atoms with Crippen molar-refractivity contribution in [2.75, 3.05) is 7.05 Å². The lowest BCUT2D eigenvalue weighted by atomic mass is 10.1. The molecule has 0 saturated carbocycles. The van der Waals surface area contributed by atoms with E-state index in [1.165, 1.54) is 17.4 Å². The Labute approximate surface area is 130 Å². The number of nitrogens with zero attached hydrogens (tertiary/aromatic N) is 1. The van der Waals surface area contributed by atoms with Crippen LogP contribution in [0.4, 0.5) is 4.39 Å². The molecule has 0 bridgehead atoms. The van der Waals surface area contributed by atoms with Gasteiger partial charge in [0.15, 0.2) is 0 Å². The summed E-state index contributed by atoms with van der Waals surface area (Å²) in [5, 5.41) is 8.89. The minimum atomic E-state index is -3.83. The Bertz CT molecular complexity index is 604. The van der Waals surface area contributed by atoms with E-state index in [0.717, 1.165) is 6.07 Å². The molecule has 0 aliphatic carbocycles. The van der Waals surface area contributed by atoms with E-state index in [-0.39, 0.29) is 21.5 Å². The zero-order valence-electron chi connectivity index (χ0n) is 12.6. The van der Waals surface area contributed by atoms with Crippen LogP contribution in [-0.4, -0.2) is 30.9 Å². The van der Waals surface area contributed by atoms with Crippen LogP contribution in [0.3, 0.4) is 0 Å². The van der Waals surface area contributed by atoms with E-state index < -0.39 is 22.4 Å².